The molecule has 0 fully saturated rings. The zero-order valence-corrected chi connectivity index (χ0v) is 8.67. The van der Waals surface area contributed by atoms with Crippen LogP contribution in [0.2, 0.25) is 0 Å². The molecule has 1 aromatic carbocycles. The first-order valence-corrected chi connectivity index (χ1v) is 6.65. The first kappa shape index (κ1) is 8.06. The zero-order valence-electron chi connectivity index (χ0n) is 6.20. The summed E-state index contributed by atoms with van der Waals surface area (Å²) in [4.78, 5) is 4.28. The van der Waals surface area contributed by atoms with Crippen LogP contribution in [-0.4, -0.2) is 19.0 Å². The molecule has 0 aliphatic rings. The van der Waals surface area contributed by atoms with E-state index in [-0.39, 0.29) is 14.0 Å². The molecule has 0 aliphatic heterocycles. The molecular formula is C9H6ClNSe. The number of aromatic nitrogens is 1. The fourth-order valence-electron chi connectivity index (χ4n) is 1.14. The molecule has 2 aromatic rings. The molecule has 0 spiro atoms. The monoisotopic (exact) mass is 243 g/mol. The van der Waals surface area contributed by atoms with Crippen LogP contribution in [0.5, 0.6) is 0 Å². The summed E-state index contributed by atoms with van der Waals surface area (Å²) in [5.41, 5.74) is 1.04. The molecule has 0 unspecified atom stereocenters. The van der Waals surface area contributed by atoms with Crippen LogP contribution >= 0.6 is 10.1 Å². The molecule has 1 heterocycles. The van der Waals surface area contributed by atoms with Crippen LogP contribution in [0.4, 0.5) is 0 Å². The average Bonchev–Trinajstić information content (AvgIpc) is 2.17. The summed E-state index contributed by atoms with van der Waals surface area (Å²) in [6, 6.07) is 10.1. The third-order valence-electron chi connectivity index (χ3n) is 1.68. The molecular weight excluding hydrogens is 237 g/mol. The van der Waals surface area contributed by atoms with Crippen LogP contribution in [0.25, 0.3) is 10.9 Å². The fourth-order valence-corrected chi connectivity index (χ4v) is 2.57. The number of nitrogens with zero attached hydrogens (tertiary/aromatic N) is 1. The van der Waals surface area contributed by atoms with Crippen molar-refractivity contribution in [3.63, 3.8) is 0 Å². The van der Waals surface area contributed by atoms with Gasteiger partial charge in [0.25, 0.3) is 0 Å². The van der Waals surface area contributed by atoms with Gasteiger partial charge >= 0.3 is 81.0 Å². The molecule has 0 radical (unpaired) electrons. The molecule has 60 valence electrons. The molecule has 1 nitrogen and oxygen atoms in total. The van der Waals surface area contributed by atoms with Gasteiger partial charge in [-0.1, -0.05) is 0 Å². The second-order valence-corrected chi connectivity index (χ2v) is 4.46. The molecule has 1 aromatic heterocycles. The van der Waals surface area contributed by atoms with E-state index in [1.165, 1.54) is 0 Å². The van der Waals surface area contributed by atoms with E-state index < -0.39 is 0 Å². The molecule has 12 heavy (non-hydrogen) atoms. The summed E-state index contributed by atoms with van der Waals surface area (Å²) in [6.07, 6.45) is 1.80. The predicted molar refractivity (Wildman–Crippen MR) is 53.0 cm³/mol. The van der Waals surface area contributed by atoms with Crippen LogP contribution in [0, 0.1) is 0 Å². The van der Waals surface area contributed by atoms with E-state index in [1.807, 2.05) is 18.2 Å². The molecule has 0 saturated carbocycles. The number of hydrogen-bond donors (Lipinski definition) is 0. The number of hydrogen-bond acceptors (Lipinski definition) is 1. The van der Waals surface area contributed by atoms with E-state index in [1.54, 1.807) is 6.20 Å². The van der Waals surface area contributed by atoms with Gasteiger partial charge in [-0.15, -0.1) is 0 Å². The number of fused-ring (bicyclic) bond motifs is 1. The number of pyridine rings is 1. The van der Waals surface area contributed by atoms with E-state index in [0.29, 0.717) is 0 Å². The quantitative estimate of drug-likeness (QED) is 0.694. The van der Waals surface area contributed by atoms with E-state index in [0.717, 1.165) is 15.4 Å². The predicted octanol–water partition coefficient (Wildman–Crippen LogP) is 1.72. The van der Waals surface area contributed by atoms with Gasteiger partial charge in [0.05, 0.1) is 0 Å². The molecule has 0 amide bonds. The minimum atomic E-state index is 0.00780. The molecule has 3 heteroatoms. The van der Waals surface area contributed by atoms with Gasteiger partial charge in [-0.2, -0.15) is 0 Å². The Bertz CT molecular complexity index is 397. The molecule has 0 atom stereocenters. The Morgan fingerprint density at radius 1 is 1.17 bits per heavy atom. The van der Waals surface area contributed by atoms with Crippen molar-refractivity contribution in [3.8, 4) is 0 Å². The Labute approximate surface area is 81.1 Å². The van der Waals surface area contributed by atoms with Crippen molar-refractivity contribution >= 4 is 39.5 Å². The van der Waals surface area contributed by atoms with Gasteiger partial charge in [0.1, 0.15) is 0 Å². The number of halogens is 1. The summed E-state index contributed by atoms with van der Waals surface area (Å²) >= 11 is 0.00780. The van der Waals surface area contributed by atoms with Crippen LogP contribution in [-0.2, 0) is 0 Å². The Kier molecular flexibility index (Phi) is 2.31. The SMILES string of the molecule is Cl[Se]c1cccc2cccnc12. The van der Waals surface area contributed by atoms with Gasteiger partial charge in [-0.05, 0) is 0 Å². The third kappa shape index (κ3) is 1.34. The van der Waals surface area contributed by atoms with Crippen LogP contribution < -0.4 is 4.46 Å². The average molecular weight is 243 g/mol. The second-order valence-electron chi connectivity index (χ2n) is 2.41. The second kappa shape index (κ2) is 3.44. The van der Waals surface area contributed by atoms with Gasteiger partial charge in [0.2, 0.25) is 0 Å². The summed E-state index contributed by atoms with van der Waals surface area (Å²) in [6.45, 7) is 0. The maximum atomic E-state index is 5.83. The van der Waals surface area contributed by atoms with Crippen molar-refractivity contribution in [2.24, 2.45) is 0 Å². The van der Waals surface area contributed by atoms with Crippen LogP contribution in [0.3, 0.4) is 0 Å². The Morgan fingerprint density at radius 3 is 2.83 bits per heavy atom. The summed E-state index contributed by atoms with van der Waals surface area (Å²) in [7, 11) is 5.83. The minimum absolute atomic E-state index is 0.00780. The summed E-state index contributed by atoms with van der Waals surface area (Å²) in [5, 5.41) is 1.16. The van der Waals surface area contributed by atoms with Crippen molar-refractivity contribution in [2.75, 3.05) is 0 Å². The van der Waals surface area contributed by atoms with Gasteiger partial charge in [-0.25, -0.2) is 0 Å². The fraction of sp³-hybridized carbons (Fsp3) is 0. The third-order valence-corrected chi connectivity index (χ3v) is 3.58. The van der Waals surface area contributed by atoms with E-state index in [2.05, 4.69) is 17.1 Å². The van der Waals surface area contributed by atoms with Crippen molar-refractivity contribution in [1.82, 2.24) is 4.98 Å². The van der Waals surface area contributed by atoms with Gasteiger partial charge < -0.3 is 0 Å². The van der Waals surface area contributed by atoms with E-state index in [9.17, 15) is 0 Å². The topological polar surface area (TPSA) is 12.9 Å². The van der Waals surface area contributed by atoms with E-state index in [4.69, 9.17) is 10.1 Å². The van der Waals surface area contributed by atoms with Gasteiger partial charge in [-0.3, -0.25) is 0 Å². The number of benzene rings is 1. The van der Waals surface area contributed by atoms with Crippen molar-refractivity contribution in [1.29, 1.82) is 0 Å². The maximum absolute atomic E-state index is 5.83. The normalized spacial score (nSPS) is 10.4. The first-order valence-electron chi connectivity index (χ1n) is 3.54. The standard InChI is InChI=1S/C9H6ClNSe/c10-12-8-5-1-3-7-4-2-6-11-9(7)8/h1-6H. The number of rotatable bonds is 1. The molecule has 0 bridgehead atoms. The Morgan fingerprint density at radius 2 is 2.00 bits per heavy atom. The van der Waals surface area contributed by atoms with Crippen molar-refractivity contribution in [3.05, 3.63) is 36.5 Å². The molecule has 0 saturated heterocycles. The van der Waals surface area contributed by atoms with Crippen LogP contribution in [0.1, 0.15) is 0 Å². The first-order chi connectivity index (χ1) is 5.92. The van der Waals surface area contributed by atoms with E-state index >= 15 is 0 Å². The van der Waals surface area contributed by atoms with Crippen LogP contribution in [0.15, 0.2) is 36.5 Å². The summed E-state index contributed by atoms with van der Waals surface area (Å²) in [5.74, 6) is 0. The van der Waals surface area contributed by atoms with Gasteiger partial charge in [0.15, 0.2) is 0 Å². The molecule has 2 rings (SSSR count). The zero-order chi connectivity index (χ0) is 8.39. The Hall–Kier alpha value is -0.561. The Balaban J connectivity index is 2.79. The number of para-hydroxylation sites is 1. The van der Waals surface area contributed by atoms with Crippen molar-refractivity contribution < 1.29 is 0 Å². The van der Waals surface area contributed by atoms with Crippen molar-refractivity contribution in [2.45, 2.75) is 0 Å². The summed E-state index contributed by atoms with van der Waals surface area (Å²) < 4.78 is 1.15. The van der Waals surface area contributed by atoms with Gasteiger partial charge in [0, 0.05) is 0 Å². The molecule has 0 aliphatic carbocycles. The molecule has 0 N–H and O–H groups in total.